The minimum Gasteiger partial charge on any atom is -0.312 e. The van der Waals surface area contributed by atoms with Crippen molar-refractivity contribution in [2.24, 2.45) is 0 Å². The van der Waals surface area contributed by atoms with Crippen LogP contribution in [0.3, 0.4) is 0 Å². The summed E-state index contributed by atoms with van der Waals surface area (Å²) in [5, 5.41) is 0. The standard InChI is InChI=1S/C14H15NO2/c1-3-8-15-10(2)9-13(16)11-6-4-5-7-12(11)14(15)17/h4-7H,2-3,8-9H2,1H3. The quantitative estimate of drug-likeness (QED) is 0.781. The van der Waals surface area contributed by atoms with Crippen molar-refractivity contribution in [1.82, 2.24) is 4.90 Å². The number of hydrogen-bond acceptors (Lipinski definition) is 2. The zero-order valence-electron chi connectivity index (χ0n) is 9.90. The Labute approximate surface area is 101 Å². The van der Waals surface area contributed by atoms with Gasteiger partial charge >= 0.3 is 0 Å². The molecule has 1 heterocycles. The van der Waals surface area contributed by atoms with Crippen LogP contribution in [0.4, 0.5) is 0 Å². The molecule has 0 aromatic heterocycles. The molecular formula is C14H15NO2. The minimum absolute atomic E-state index is 0.0300. The number of benzene rings is 1. The van der Waals surface area contributed by atoms with Crippen LogP contribution in [-0.2, 0) is 0 Å². The summed E-state index contributed by atoms with van der Waals surface area (Å²) in [6.07, 6.45) is 1.07. The highest BCUT2D eigenvalue weighted by molar-refractivity contribution is 6.11. The molecule has 0 atom stereocenters. The van der Waals surface area contributed by atoms with Crippen LogP contribution < -0.4 is 0 Å². The van der Waals surface area contributed by atoms with Crippen molar-refractivity contribution >= 4 is 11.7 Å². The monoisotopic (exact) mass is 229 g/mol. The number of hydrogen-bond donors (Lipinski definition) is 0. The van der Waals surface area contributed by atoms with Crippen molar-refractivity contribution < 1.29 is 9.59 Å². The lowest BCUT2D eigenvalue weighted by molar-refractivity contribution is 0.0806. The number of rotatable bonds is 2. The van der Waals surface area contributed by atoms with E-state index >= 15 is 0 Å². The van der Waals surface area contributed by atoms with Gasteiger partial charge in [-0.1, -0.05) is 31.7 Å². The van der Waals surface area contributed by atoms with Crippen LogP contribution in [0, 0.1) is 0 Å². The van der Waals surface area contributed by atoms with Crippen molar-refractivity contribution in [1.29, 1.82) is 0 Å². The average molecular weight is 229 g/mol. The number of carbonyl (C=O) groups is 2. The molecule has 0 unspecified atom stereocenters. The van der Waals surface area contributed by atoms with Crippen LogP contribution in [0.2, 0.25) is 0 Å². The molecule has 1 amide bonds. The molecule has 0 radical (unpaired) electrons. The molecule has 2 rings (SSSR count). The van der Waals surface area contributed by atoms with Crippen LogP contribution in [0.5, 0.6) is 0 Å². The van der Waals surface area contributed by atoms with Crippen LogP contribution in [0.1, 0.15) is 40.5 Å². The predicted octanol–water partition coefficient (Wildman–Crippen LogP) is 2.64. The number of fused-ring (bicyclic) bond motifs is 1. The van der Waals surface area contributed by atoms with Gasteiger partial charge in [-0.2, -0.15) is 0 Å². The number of amides is 1. The fourth-order valence-electron chi connectivity index (χ4n) is 2.06. The zero-order chi connectivity index (χ0) is 12.4. The fourth-order valence-corrected chi connectivity index (χ4v) is 2.06. The minimum atomic E-state index is -0.113. The first-order chi connectivity index (χ1) is 8.15. The van der Waals surface area contributed by atoms with Crippen molar-refractivity contribution in [3.05, 3.63) is 47.7 Å². The number of nitrogens with zero attached hydrogens (tertiary/aromatic N) is 1. The first-order valence-corrected chi connectivity index (χ1v) is 5.77. The Kier molecular flexibility index (Phi) is 3.09. The summed E-state index contributed by atoms with van der Waals surface area (Å²) in [7, 11) is 0. The maximum absolute atomic E-state index is 12.3. The maximum Gasteiger partial charge on any atom is 0.258 e. The number of Topliss-reactive ketones (excluding diaryl/α,β-unsaturated/α-hetero) is 1. The Morgan fingerprint density at radius 2 is 1.88 bits per heavy atom. The molecule has 0 bridgehead atoms. The Morgan fingerprint density at radius 1 is 1.24 bits per heavy atom. The fraction of sp³-hybridized carbons (Fsp3) is 0.286. The molecule has 0 saturated carbocycles. The van der Waals surface area contributed by atoms with Crippen molar-refractivity contribution in [3.63, 3.8) is 0 Å². The van der Waals surface area contributed by atoms with Gasteiger partial charge in [-0.3, -0.25) is 9.59 Å². The van der Waals surface area contributed by atoms with E-state index in [0.29, 0.717) is 23.4 Å². The van der Waals surface area contributed by atoms with E-state index in [2.05, 4.69) is 6.58 Å². The zero-order valence-corrected chi connectivity index (χ0v) is 9.90. The van der Waals surface area contributed by atoms with Gasteiger partial charge in [-0.05, 0) is 12.5 Å². The van der Waals surface area contributed by atoms with Crippen LogP contribution in [0.25, 0.3) is 0 Å². The van der Waals surface area contributed by atoms with Gasteiger partial charge in [-0.25, -0.2) is 0 Å². The van der Waals surface area contributed by atoms with E-state index in [0.717, 1.165) is 6.42 Å². The summed E-state index contributed by atoms with van der Waals surface area (Å²) >= 11 is 0. The predicted molar refractivity (Wildman–Crippen MR) is 65.9 cm³/mol. The number of ketones is 1. The molecular weight excluding hydrogens is 214 g/mol. The van der Waals surface area contributed by atoms with Crippen molar-refractivity contribution in [2.45, 2.75) is 19.8 Å². The van der Waals surface area contributed by atoms with Gasteiger partial charge in [-0.15, -0.1) is 0 Å². The lowest BCUT2D eigenvalue weighted by Gasteiger charge is -2.21. The summed E-state index contributed by atoms with van der Waals surface area (Å²) in [5.41, 5.74) is 1.60. The smallest absolute Gasteiger partial charge is 0.258 e. The van der Waals surface area contributed by atoms with E-state index in [1.54, 1.807) is 29.2 Å². The summed E-state index contributed by atoms with van der Waals surface area (Å²) in [5.74, 6) is -0.143. The highest BCUT2D eigenvalue weighted by atomic mass is 16.2. The van der Waals surface area contributed by atoms with Gasteiger partial charge in [0.15, 0.2) is 5.78 Å². The van der Waals surface area contributed by atoms with Gasteiger partial charge in [0.2, 0.25) is 0 Å². The Bertz CT molecular complexity index is 491. The van der Waals surface area contributed by atoms with E-state index in [1.165, 1.54) is 0 Å². The van der Waals surface area contributed by atoms with Crippen LogP contribution in [0.15, 0.2) is 36.5 Å². The first kappa shape index (κ1) is 11.6. The third-order valence-electron chi connectivity index (χ3n) is 2.90. The summed E-state index contributed by atoms with van der Waals surface area (Å²) < 4.78 is 0. The Hall–Kier alpha value is -1.90. The maximum atomic E-state index is 12.3. The largest absolute Gasteiger partial charge is 0.312 e. The molecule has 0 fully saturated rings. The molecule has 0 saturated heterocycles. The second kappa shape index (κ2) is 4.53. The van der Waals surface area contributed by atoms with E-state index in [1.807, 2.05) is 6.92 Å². The first-order valence-electron chi connectivity index (χ1n) is 5.77. The number of carbonyl (C=O) groups excluding carboxylic acids is 2. The lowest BCUT2D eigenvalue weighted by Crippen LogP contribution is -2.29. The molecule has 3 heteroatoms. The van der Waals surface area contributed by atoms with Crippen LogP contribution in [-0.4, -0.2) is 23.1 Å². The molecule has 0 N–H and O–H groups in total. The molecule has 1 aromatic rings. The highest BCUT2D eigenvalue weighted by Crippen LogP contribution is 2.23. The molecule has 1 aromatic carbocycles. The third-order valence-corrected chi connectivity index (χ3v) is 2.90. The van der Waals surface area contributed by atoms with E-state index in [-0.39, 0.29) is 18.1 Å². The lowest BCUT2D eigenvalue weighted by atomic mass is 10.0. The highest BCUT2D eigenvalue weighted by Gasteiger charge is 2.28. The molecule has 17 heavy (non-hydrogen) atoms. The van der Waals surface area contributed by atoms with Gasteiger partial charge in [0, 0.05) is 17.8 Å². The van der Waals surface area contributed by atoms with Gasteiger partial charge < -0.3 is 4.90 Å². The summed E-state index contributed by atoms with van der Waals surface area (Å²) in [6.45, 7) is 6.45. The van der Waals surface area contributed by atoms with Crippen molar-refractivity contribution in [3.8, 4) is 0 Å². The second-order valence-corrected chi connectivity index (χ2v) is 4.17. The van der Waals surface area contributed by atoms with E-state index in [4.69, 9.17) is 0 Å². The van der Waals surface area contributed by atoms with E-state index in [9.17, 15) is 9.59 Å². The normalized spacial score (nSPS) is 15.8. The Balaban J connectivity index is 2.50. The molecule has 1 aliphatic heterocycles. The molecule has 88 valence electrons. The van der Waals surface area contributed by atoms with Gasteiger partial charge in [0.1, 0.15) is 0 Å². The second-order valence-electron chi connectivity index (χ2n) is 4.17. The van der Waals surface area contributed by atoms with Crippen molar-refractivity contribution in [2.75, 3.05) is 6.54 Å². The third kappa shape index (κ3) is 2.00. The SMILES string of the molecule is C=C1CC(=O)c2ccccc2C(=O)N1CCC. The molecule has 3 nitrogen and oxygen atoms in total. The average Bonchev–Trinajstić information content (AvgIpc) is 2.42. The molecule has 0 spiro atoms. The summed E-state index contributed by atoms with van der Waals surface area (Å²) in [4.78, 5) is 25.9. The topological polar surface area (TPSA) is 37.4 Å². The summed E-state index contributed by atoms with van der Waals surface area (Å²) in [6, 6.07) is 6.97. The number of allylic oxidation sites excluding steroid dienone is 1. The molecule has 0 aliphatic carbocycles. The molecule has 1 aliphatic rings. The van der Waals surface area contributed by atoms with Crippen LogP contribution >= 0.6 is 0 Å². The Morgan fingerprint density at radius 3 is 2.53 bits per heavy atom. The van der Waals surface area contributed by atoms with Gasteiger partial charge in [0.25, 0.3) is 5.91 Å². The van der Waals surface area contributed by atoms with Gasteiger partial charge in [0.05, 0.1) is 12.0 Å². The van der Waals surface area contributed by atoms with E-state index < -0.39 is 0 Å².